The van der Waals surface area contributed by atoms with Crippen molar-refractivity contribution >= 4 is 21.4 Å². The van der Waals surface area contributed by atoms with Gasteiger partial charge in [0.05, 0.1) is 0 Å². The Bertz CT molecular complexity index is 531. The van der Waals surface area contributed by atoms with Crippen LogP contribution in [-0.4, -0.2) is 6.54 Å². The van der Waals surface area contributed by atoms with Crippen molar-refractivity contribution in [2.45, 2.75) is 39.7 Å². The molecule has 0 aliphatic rings. The van der Waals surface area contributed by atoms with Gasteiger partial charge < -0.3 is 5.32 Å². The van der Waals surface area contributed by atoms with E-state index in [2.05, 4.69) is 26.1 Å². The van der Waals surface area contributed by atoms with Crippen molar-refractivity contribution in [2.24, 2.45) is 0 Å². The molecule has 98 valence electrons. The Morgan fingerprint density at radius 1 is 1.33 bits per heavy atom. The van der Waals surface area contributed by atoms with Crippen LogP contribution in [0.4, 0.5) is 4.39 Å². The van der Waals surface area contributed by atoms with Gasteiger partial charge in [0.2, 0.25) is 0 Å². The second-order valence-electron chi connectivity index (χ2n) is 4.91. The number of benzene rings is 1. The van der Waals surface area contributed by atoms with E-state index >= 15 is 0 Å². The number of halogens is 1. The van der Waals surface area contributed by atoms with Crippen LogP contribution < -0.4 is 5.32 Å². The lowest BCUT2D eigenvalue weighted by Gasteiger charge is -2.09. The largest absolute Gasteiger partial charge is 0.312 e. The lowest BCUT2D eigenvalue weighted by molar-refractivity contribution is 0.630. The van der Waals surface area contributed by atoms with Gasteiger partial charge in [0.1, 0.15) is 5.82 Å². The van der Waals surface area contributed by atoms with E-state index in [-0.39, 0.29) is 5.82 Å². The first-order chi connectivity index (χ1) is 8.63. The van der Waals surface area contributed by atoms with Crippen LogP contribution >= 0.6 is 11.3 Å². The third-order valence-corrected chi connectivity index (χ3v) is 4.23. The van der Waals surface area contributed by atoms with Crippen LogP contribution in [0, 0.1) is 5.82 Å². The highest BCUT2D eigenvalue weighted by molar-refractivity contribution is 7.19. The molecule has 2 aromatic rings. The molecule has 0 aliphatic heterocycles. The zero-order chi connectivity index (χ0) is 13.1. The molecule has 0 unspecified atom stereocenters. The van der Waals surface area contributed by atoms with Gasteiger partial charge in [0.25, 0.3) is 0 Å². The van der Waals surface area contributed by atoms with E-state index in [0.29, 0.717) is 5.92 Å². The summed E-state index contributed by atoms with van der Waals surface area (Å²) in [5, 5.41) is 4.65. The molecule has 18 heavy (non-hydrogen) atoms. The molecule has 1 nitrogen and oxygen atoms in total. The molecule has 1 heterocycles. The average molecular weight is 265 g/mol. The molecule has 0 aliphatic carbocycles. The van der Waals surface area contributed by atoms with Gasteiger partial charge in [-0.15, -0.1) is 11.3 Å². The van der Waals surface area contributed by atoms with Crippen LogP contribution in [0.1, 0.15) is 43.6 Å². The Kier molecular flexibility index (Phi) is 4.36. The maximum absolute atomic E-state index is 13.3. The normalized spacial score (nSPS) is 11.6. The monoisotopic (exact) mass is 265 g/mol. The Labute approximate surface area is 112 Å². The third kappa shape index (κ3) is 2.73. The fourth-order valence-electron chi connectivity index (χ4n) is 2.28. The van der Waals surface area contributed by atoms with Crippen LogP contribution in [0.3, 0.4) is 0 Å². The van der Waals surface area contributed by atoms with Crippen molar-refractivity contribution < 1.29 is 4.39 Å². The summed E-state index contributed by atoms with van der Waals surface area (Å²) in [4.78, 5) is 1.35. The molecule has 2 rings (SSSR count). The predicted molar refractivity (Wildman–Crippen MR) is 77.9 cm³/mol. The summed E-state index contributed by atoms with van der Waals surface area (Å²) in [5.74, 6) is 0.328. The minimum atomic E-state index is -0.146. The highest BCUT2D eigenvalue weighted by Crippen LogP contribution is 2.36. The molecular formula is C15H20FNS. The molecule has 1 aromatic carbocycles. The van der Waals surface area contributed by atoms with Gasteiger partial charge in [-0.1, -0.05) is 26.8 Å². The van der Waals surface area contributed by atoms with Crippen molar-refractivity contribution in [1.29, 1.82) is 0 Å². The SMILES string of the molecule is CCCNCc1sc2cc(F)ccc2c1C(C)C. The minimum absolute atomic E-state index is 0.146. The van der Waals surface area contributed by atoms with Crippen LogP contribution in [0.5, 0.6) is 0 Å². The van der Waals surface area contributed by atoms with E-state index < -0.39 is 0 Å². The summed E-state index contributed by atoms with van der Waals surface area (Å²) < 4.78 is 14.3. The second-order valence-corrected chi connectivity index (χ2v) is 6.05. The standard InChI is InChI=1S/C15H20FNS/c1-4-7-17-9-14-15(10(2)3)12-6-5-11(16)8-13(12)18-14/h5-6,8,10,17H,4,7,9H2,1-3H3. The van der Waals surface area contributed by atoms with Gasteiger partial charge in [-0.05, 0) is 42.0 Å². The molecule has 0 radical (unpaired) electrons. The van der Waals surface area contributed by atoms with E-state index in [1.54, 1.807) is 23.5 Å². The summed E-state index contributed by atoms with van der Waals surface area (Å²) >= 11 is 1.71. The molecule has 0 saturated carbocycles. The van der Waals surface area contributed by atoms with Crippen LogP contribution in [0.25, 0.3) is 10.1 Å². The van der Waals surface area contributed by atoms with Crippen molar-refractivity contribution in [3.8, 4) is 0 Å². The molecule has 0 amide bonds. The average Bonchev–Trinajstić information content (AvgIpc) is 2.66. The zero-order valence-electron chi connectivity index (χ0n) is 11.2. The fraction of sp³-hybridized carbons (Fsp3) is 0.467. The van der Waals surface area contributed by atoms with E-state index in [1.807, 2.05) is 6.07 Å². The maximum Gasteiger partial charge on any atom is 0.124 e. The van der Waals surface area contributed by atoms with E-state index in [9.17, 15) is 4.39 Å². The number of fused-ring (bicyclic) bond motifs is 1. The van der Waals surface area contributed by atoms with E-state index in [1.165, 1.54) is 15.8 Å². The summed E-state index contributed by atoms with van der Waals surface area (Å²) in [6, 6.07) is 5.12. The first kappa shape index (κ1) is 13.5. The minimum Gasteiger partial charge on any atom is -0.312 e. The number of hydrogen-bond acceptors (Lipinski definition) is 2. The molecule has 1 N–H and O–H groups in total. The molecule has 1 aromatic heterocycles. The topological polar surface area (TPSA) is 12.0 Å². The quantitative estimate of drug-likeness (QED) is 0.775. The molecule has 3 heteroatoms. The maximum atomic E-state index is 13.3. The summed E-state index contributed by atoms with van der Waals surface area (Å²) in [5.41, 5.74) is 1.37. The number of rotatable bonds is 5. The molecule has 0 fully saturated rings. The Morgan fingerprint density at radius 3 is 2.78 bits per heavy atom. The van der Waals surface area contributed by atoms with Crippen molar-refractivity contribution in [3.05, 3.63) is 34.5 Å². The highest BCUT2D eigenvalue weighted by Gasteiger charge is 2.15. The van der Waals surface area contributed by atoms with Gasteiger partial charge >= 0.3 is 0 Å². The Hall–Kier alpha value is -0.930. The Morgan fingerprint density at radius 2 is 2.11 bits per heavy atom. The predicted octanol–water partition coefficient (Wildman–Crippen LogP) is 4.66. The smallest absolute Gasteiger partial charge is 0.124 e. The molecular weight excluding hydrogens is 245 g/mol. The number of hydrogen-bond donors (Lipinski definition) is 1. The summed E-state index contributed by atoms with van der Waals surface area (Å²) in [6.07, 6.45) is 1.14. The van der Waals surface area contributed by atoms with E-state index in [4.69, 9.17) is 0 Å². The molecule has 0 spiro atoms. The van der Waals surface area contributed by atoms with Crippen molar-refractivity contribution in [3.63, 3.8) is 0 Å². The molecule has 0 bridgehead atoms. The first-order valence-corrected chi connectivity index (χ1v) is 7.36. The van der Waals surface area contributed by atoms with Gasteiger partial charge in [-0.2, -0.15) is 0 Å². The second kappa shape index (κ2) is 5.81. The number of thiophene rings is 1. The summed E-state index contributed by atoms with van der Waals surface area (Å²) in [6.45, 7) is 8.49. The third-order valence-electron chi connectivity index (χ3n) is 3.06. The zero-order valence-corrected chi connectivity index (χ0v) is 12.0. The summed E-state index contributed by atoms with van der Waals surface area (Å²) in [7, 11) is 0. The Balaban J connectivity index is 2.41. The van der Waals surface area contributed by atoms with Crippen molar-refractivity contribution in [2.75, 3.05) is 6.54 Å². The highest BCUT2D eigenvalue weighted by atomic mass is 32.1. The van der Waals surface area contributed by atoms with Crippen molar-refractivity contribution in [1.82, 2.24) is 5.32 Å². The van der Waals surface area contributed by atoms with Crippen LogP contribution in [-0.2, 0) is 6.54 Å². The lowest BCUT2D eigenvalue weighted by atomic mass is 9.99. The van der Waals surface area contributed by atoms with Gasteiger partial charge in [0.15, 0.2) is 0 Å². The van der Waals surface area contributed by atoms with Gasteiger partial charge in [-0.25, -0.2) is 4.39 Å². The molecule has 0 saturated heterocycles. The number of nitrogens with one attached hydrogen (secondary N) is 1. The first-order valence-electron chi connectivity index (χ1n) is 6.55. The fourth-order valence-corrected chi connectivity index (χ4v) is 3.64. The van der Waals surface area contributed by atoms with Crippen LogP contribution in [0.15, 0.2) is 18.2 Å². The van der Waals surface area contributed by atoms with Gasteiger partial charge in [-0.3, -0.25) is 0 Å². The lowest BCUT2D eigenvalue weighted by Crippen LogP contribution is -2.14. The van der Waals surface area contributed by atoms with Gasteiger partial charge in [0, 0.05) is 16.1 Å². The van der Waals surface area contributed by atoms with Crippen LogP contribution in [0.2, 0.25) is 0 Å². The van der Waals surface area contributed by atoms with E-state index in [0.717, 1.165) is 24.2 Å². The molecule has 0 atom stereocenters.